The smallest absolute Gasteiger partial charge is 0.254 e. The monoisotopic (exact) mass is 454 g/mol. The molecule has 32 heavy (non-hydrogen) atoms. The van der Waals surface area contributed by atoms with Gasteiger partial charge in [-0.2, -0.15) is 0 Å². The van der Waals surface area contributed by atoms with Gasteiger partial charge in [0.25, 0.3) is 5.91 Å². The Kier molecular flexibility index (Phi) is 6.89. The second-order valence-electron chi connectivity index (χ2n) is 8.96. The van der Waals surface area contributed by atoms with Crippen molar-refractivity contribution in [2.24, 2.45) is 5.92 Å². The number of hydrogen-bond acceptors (Lipinski definition) is 5. The van der Waals surface area contributed by atoms with E-state index in [1.807, 2.05) is 29.3 Å². The molecule has 2 heterocycles. The molecule has 1 aliphatic heterocycles. The zero-order valence-corrected chi connectivity index (χ0v) is 19.5. The van der Waals surface area contributed by atoms with Crippen LogP contribution in [-0.4, -0.2) is 58.2 Å². The van der Waals surface area contributed by atoms with Gasteiger partial charge in [0.15, 0.2) is 5.13 Å². The molecule has 0 spiro atoms. The van der Waals surface area contributed by atoms with Gasteiger partial charge in [-0.15, -0.1) is 11.3 Å². The highest BCUT2D eigenvalue weighted by atomic mass is 32.1. The van der Waals surface area contributed by atoms with Gasteiger partial charge in [0.2, 0.25) is 11.8 Å². The van der Waals surface area contributed by atoms with E-state index in [0.29, 0.717) is 22.3 Å². The number of aromatic nitrogens is 1. The molecule has 0 radical (unpaired) electrons. The van der Waals surface area contributed by atoms with Crippen molar-refractivity contribution in [3.8, 4) is 0 Å². The molecular weight excluding hydrogens is 424 g/mol. The average Bonchev–Trinajstić information content (AvgIpc) is 3.53. The van der Waals surface area contributed by atoms with Gasteiger partial charge in [0, 0.05) is 30.1 Å². The van der Waals surface area contributed by atoms with E-state index in [4.69, 9.17) is 0 Å². The van der Waals surface area contributed by atoms with Gasteiger partial charge < -0.3 is 15.1 Å². The van der Waals surface area contributed by atoms with Gasteiger partial charge in [-0.25, -0.2) is 4.98 Å². The molecule has 2 aromatic rings. The van der Waals surface area contributed by atoms with Crippen LogP contribution in [0.25, 0.3) is 0 Å². The Hall–Kier alpha value is -2.74. The quantitative estimate of drug-likeness (QED) is 0.694. The summed E-state index contributed by atoms with van der Waals surface area (Å²) in [4.78, 5) is 46.0. The van der Waals surface area contributed by atoms with Crippen LogP contribution in [0.5, 0.6) is 0 Å². The third-order valence-electron chi connectivity index (χ3n) is 6.13. The predicted molar refractivity (Wildman–Crippen MR) is 125 cm³/mol. The van der Waals surface area contributed by atoms with Gasteiger partial charge >= 0.3 is 0 Å². The van der Waals surface area contributed by atoms with E-state index in [2.05, 4.69) is 17.2 Å². The van der Waals surface area contributed by atoms with Crippen molar-refractivity contribution in [3.63, 3.8) is 0 Å². The average molecular weight is 455 g/mol. The Labute approximate surface area is 192 Å². The number of benzene rings is 1. The lowest BCUT2D eigenvalue weighted by Crippen LogP contribution is -2.39. The second-order valence-corrected chi connectivity index (χ2v) is 9.82. The molecule has 0 bridgehead atoms. The molecule has 1 aromatic heterocycles. The molecule has 4 rings (SSSR count). The summed E-state index contributed by atoms with van der Waals surface area (Å²) >= 11 is 1.31. The van der Waals surface area contributed by atoms with Crippen molar-refractivity contribution in [1.82, 2.24) is 14.8 Å². The fraction of sp³-hybridized carbons (Fsp3) is 0.500. The van der Waals surface area contributed by atoms with Crippen LogP contribution in [0.15, 0.2) is 29.6 Å². The normalized spacial score (nSPS) is 16.6. The largest absolute Gasteiger partial charge is 0.342 e. The van der Waals surface area contributed by atoms with E-state index in [-0.39, 0.29) is 36.7 Å². The number of amides is 3. The van der Waals surface area contributed by atoms with Gasteiger partial charge in [0.05, 0.1) is 12.1 Å². The zero-order chi connectivity index (χ0) is 22.7. The molecule has 3 amide bonds. The summed E-state index contributed by atoms with van der Waals surface area (Å²) in [6.45, 7) is 5.80. The summed E-state index contributed by atoms with van der Waals surface area (Å²) in [5, 5.41) is 5.08. The predicted octanol–water partition coefficient (Wildman–Crippen LogP) is 3.50. The highest BCUT2D eigenvalue weighted by Crippen LogP contribution is 2.28. The number of likely N-dealkylation sites (tertiary alicyclic amines) is 1. The van der Waals surface area contributed by atoms with Gasteiger partial charge in [-0.1, -0.05) is 24.6 Å². The number of aryl methyl sites for hydroxylation is 1. The highest BCUT2D eigenvalue weighted by molar-refractivity contribution is 7.13. The Balaban J connectivity index is 1.31. The fourth-order valence-electron chi connectivity index (χ4n) is 3.90. The van der Waals surface area contributed by atoms with Crippen LogP contribution in [0.1, 0.15) is 54.2 Å². The minimum atomic E-state index is -0.269. The van der Waals surface area contributed by atoms with Crippen LogP contribution in [0, 0.1) is 12.8 Å². The number of thiazole rings is 1. The lowest BCUT2D eigenvalue weighted by atomic mass is 9.99. The number of anilines is 1. The van der Waals surface area contributed by atoms with Gasteiger partial charge in [0.1, 0.15) is 6.54 Å². The minimum absolute atomic E-state index is 0.00280. The molecule has 1 saturated heterocycles. The van der Waals surface area contributed by atoms with Crippen LogP contribution in [0.3, 0.4) is 0 Å². The Morgan fingerprint density at radius 3 is 2.47 bits per heavy atom. The number of nitrogens with zero attached hydrogens (tertiary/aromatic N) is 3. The molecule has 1 saturated carbocycles. The Morgan fingerprint density at radius 1 is 1.12 bits per heavy atom. The Morgan fingerprint density at radius 2 is 1.81 bits per heavy atom. The topological polar surface area (TPSA) is 82.6 Å². The minimum Gasteiger partial charge on any atom is -0.342 e. The Bertz CT molecular complexity index is 975. The van der Waals surface area contributed by atoms with Crippen molar-refractivity contribution in [2.45, 2.75) is 52.0 Å². The molecule has 1 aromatic carbocycles. The first-order valence-electron chi connectivity index (χ1n) is 11.3. The maximum atomic E-state index is 12.9. The van der Waals surface area contributed by atoms with E-state index < -0.39 is 0 Å². The summed E-state index contributed by atoms with van der Waals surface area (Å²) < 4.78 is 0. The summed E-state index contributed by atoms with van der Waals surface area (Å²) in [5.41, 5.74) is 2.35. The summed E-state index contributed by atoms with van der Waals surface area (Å²) in [6, 6.07) is 7.53. The van der Waals surface area contributed by atoms with Crippen LogP contribution in [0.2, 0.25) is 0 Å². The van der Waals surface area contributed by atoms with Crippen molar-refractivity contribution < 1.29 is 14.4 Å². The SMILES string of the molecule is Cc1ccc(C(=O)N(CC(=O)Nc2nc(CC(=O)N3CCC(C)CC3)cs2)C2CC2)cc1. The maximum absolute atomic E-state index is 12.9. The summed E-state index contributed by atoms with van der Waals surface area (Å²) in [5.74, 6) is 0.371. The summed E-state index contributed by atoms with van der Waals surface area (Å²) in [7, 11) is 0. The highest BCUT2D eigenvalue weighted by Gasteiger charge is 2.34. The number of piperidine rings is 1. The molecule has 7 nitrogen and oxygen atoms in total. The van der Waals surface area contributed by atoms with E-state index >= 15 is 0 Å². The molecule has 8 heteroatoms. The number of hydrogen-bond donors (Lipinski definition) is 1. The van der Waals surface area contributed by atoms with E-state index in [1.165, 1.54) is 11.3 Å². The van der Waals surface area contributed by atoms with E-state index in [9.17, 15) is 14.4 Å². The molecule has 2 aliphatic rings. The first-order valence-corrected chi connectivity index (χ1v) is 12.2. The zero-order valence-electron chi connectivity index (χ0n) is 18.7. The molecule has 1 N–H and O–H groups in total. The van der Waals surface area contributed by atoms with E-state index in [1.54, 1.807) is 17.0 Å². The van der Waals surface area contributed by atoms with Crippen LogP contribution in [0.4, 0.5) is 5.13 Å². The van der Waals surface area contributed by atoms with Crippen LogP contribution in [-0.2, 0) is 16.0 Å². The lowest BCUT2D eigenvalue weighted by Gasteiger charge is -2.30. The lowest BCUT2D eigenvalue weighted by molar-refractivity contribution is -0.131. The number of carbonyl (C=O) groups excluding carboxylic acids is 3. The van der Waals surface area contributed by atoms with E-state index in [0.717, 1.165) is 44.3 Å². The third kappa shape index (κ3) is 5.73. The standard InChI is InChI=1S/C24H30N4O3S/c1-16-3-5-18(6-4-16)23(31)28(20-7-8-20)14-21(29)26-24-25-19(15-32-24)13-22(30)27-11-9-17(2)10-12-27/h3-6,15,17,20H,7-14H2,1-2H3,(H,25,26,29). The van der Waals surface area contributed by atoms with Crippen molar-refractivity contribution in [3.05, 3.63) is 46.5 Å². The first-order chi connectivity index (χ1) is 15.4. The first kappa shape index (κ1) is 22.5. The second kappa shape index (κ2) is 9.81. The number of nitrogens with one attached hydrogen (secondary N) is 1. The third-order valence-corrected chi connectivity index (χ3v) is 6.93. The molecular formula is C24H30N4O3S. The van der Waals surface area contributed by atoms with Crippen LogP contribution < -0.4 is 5.32 Å². The fourth-order valence-corrected chi connectivity index (χ4v) is 4.63. The van der Waals surface area contributed by atoms with Crippen molar-refractivity contribution in [2.75, 3.05) is 25.0 Å². The molecule has 170 valence electrons. The summed E-state index contributed by atoms with van der Waals surface area (Å²) in [6.07, 6.45) is 4.18. The van der Waals surface area contributed by atoms with Crippen molar-refractivity contribution >= 4 is 34.2 Å². The molecule has 0 unspecified atom stereocenters. The van der Waals surface area contributed by atoms with Crippen molar-refractivity contribution in [1.29, 1.82) is 0 Å². The molecule has 1 aliphatic carbocycles. The molecule has 2 fully saturated rings. The number of carbonyl (C=O) groups is 3. The van der Waals surface area contributed by atoms with Gasteiger partial charge in [-0.3, -0.25) is 14.4 Å². The maximum Gasteiger partial charge on any atom is 0.254 e. The van der Waals surface area contributed by atoms with Crippen LogP contribution >= 0.6 is 11.3 Å². The van der Waals surface area contributed by atoms with Gasteiger partial charge in [-0.05, 0) is 50.7 Å². The molecule has 0 atom stereocenters. The number of rotatable bonds is 7.